The third-order valence-electron chi connectivity index (χ3n) is 2.67. The Morgan fingerprint density at radius 2 is 2.05 bits per heavy atom. The first-order chi connectivity index (χ1) is 8.77. The summed E-state index contributed by atoms with van der Waals surface area (Å²) in [5, 5.41) is 13.8. The van der Waals surface area contributed by atoms with E-state index in [1.54, 1.807) is 20.9 Å². The minimum absolute atomic E-state index is 0.0701. The second kappa shape index (κ2) is 6.09. The summed E-state index contributed by atoms with van der Waals surface area (Å²) in [6, 6.07) is 3.96. The Labute approximate surface area is 112 Å². The number of sulfonamides is 1. The average molecular weight is 287 g/mol. The van der Waals surface area contributed by atoms with Gasteiger partial charge in [0.2, 0.25) is 10.0 Å². The van der Waals surface area contributed by atoms with Crippen molar-refractivity contribution >= 4 is 15.7 Å². The van der Waals surface area contributed by atoms with Gasteiger partial charge in [-0.05, 0) is 32.5 Å². The first-order valence-corrected chi connectivity index (χ1v) is 7.18. The van der Waals surface area contributed by atoms with E-state index in [2.05, 4.69) is 10.0 Å². The fourth-order valence-corrected chi connectivity index (χ4v) is 2.69. The number of benzene rings is 1. The van der Waals surface area contributed by atoms with Crippen molar-refractivity contribution in [3.05, 3.63) is 33.9 Å². The van der Waals surface area contributed by atoms with E-state index in [1.807, 2.05) is 0 Å². The van der Waals surface area contributed by atoms with Gasteiger partial charge in [0, 0.05) is 18.7 Å². The monoisotopic (exact) mass is 287 g/mol. The minimum atomic E-state index is -3.89. The average Bonchev–Trinajstić information content (AvgIpc) is 2.35. The number of hydrogen-bond donors (Lipinski definition) is 2. The van der Waals surface area contributed by atoms with Crippen LogP contribution in [0.4, 0.5) is 5.69 Å². The van der Waals surface area contributed by atoms with Gasteiger partial charge in [-0.15, -0.1) is 0 Å². The van der Waals surface area contributed by atoms with Gasteiger partial charge in [0.1, 0.15) is 0 Å². The van der Waals surface area contributed by atoms with Crippen LogP contribution in [0.5, 0.6) is 0 Å². The quantitative estimate of drug-likeness (QED) is 0.595. The lowest BCUT2D eigenvalue weighted by Gasteiger charge is -2.12. The molecule has 8 heteroatoms. The van der Waals surface area contributed by atoms with Crippen molar-refractivity contribution in [1.82, 2.24) is 10.0 Å². The SMILES string of the molecule is CNC(C)CNS(=O)(=O)c1ccc(C)cc1[N+](=O)[O-]. The number of rotatable bonds is 6. The summed E-state index contributed by atoms with van der Waals surface area (Å²) in [5.41, 5.74) is 0.221. The highest BCUT2D eigenvalue weighted by atomic mass is 32.2. The molecule has 2 N–H and O–H groups in total. The van der Waals surface area contributed by atoms with Gasteiger partial charge in [-0.25, -0.2) is 13.1 Å². The smallest absolute Gasteiger partial charge is 0.289 e. The van der Waals surface area contributed by atoms with Crippen LogP contribution < -0.4 is 10.0 Å². The molecule has 0 amide bonds. The summed E-state index contributed by atoms with van der Waals surface area (Å²) in [7, 11) is -2.19. The third-order valence-corrected chi connectivity index (χ3v) is 4.14. The maximum absolute atomic E-state index is 12.0. The van der Waals surface area contributed by atoms with Gasteiger partial charge in [0.25, 0.3) is 5.69 Å². The van der Waals surface area contributed by atoms with Crippen LogP contribution in [0.2, 0.25) is 0 Å². The predicted molar refractivity (Wildman–Crippen MR) is 71.5 cm³/mol. The van der Waals surface area contributed by atoms with E-state index >= 15 is 0 Å². The number of aryl methyl sites for hydroxylation is 1. The molecule has 106 valence electrons. The van der Waals surface area contributed by atoms with Crippen molar-refractivity contribution < 1.29 is 13.3 Å². The molecular weight excluding hydrogens is 270 g/mol. The zero-order valence-electron chi connectivity index (χ0n) is 11.0. The number of nitrogens with zero attached hydrogens (tertiary/aromatic N) is 1. The van der Waals surface area contributed by atoms with E-state index in [-0.39, 0.29) is 17.5 Å². The number of likely N-dealkylation sites (N-methyl/N-ethyl adjacent to an activating group) is 1. The molecule has 0 aliphatic heterocycles. The molecule has 0 saturated carbocycles. The fourth-order valence-electron chi connectivity index (χ4n) is 1.41. The lowest BCUT2D eigenvalue weighted by molar-refractivity contribution is -0.387. The van der Waals surface area contributed by atoms with Gasteiger partial charge in [-0.2, -0.15) is 0 Å². The van der Waals surface area contributed by atoms with E-state index in [1.165, 1.54) is 18.2 Å². The highest BCUT2D eigenvalue weighted by Gasteiger charge is 2.25. The summed E-state index contributed by atoms with van der Waals surface area (Å²) in [4.78, 5) is 9.91. The number of nitro benzene ring substituents is 1. The Hall–Kier alpha value is -1.51. The molecule has 1 aromatic rings. The Kier molecular flexibility index (Phi) is 4.98. The van der Waals surface area contributed by atoms with Crippen LogP contribution in [0, 0.1) is 17.0 Å². The second-order valence-electron chi connectivity index (χ2n) is 4.27. The van der Waals surface area contributed by atoms with Crippen molar-refractivity contribution in [3.63, 3.8) is 0 Å². The molecule has 0 spiro atoms. The van der Waals surface area contributed by atoms with Gasteiger partial charge in [-0.1, -0.05) is 6.07 Å². The zero-order valence-corrected chi connectivity index (χ0v) is 11.8. The molecular formula is C11H17N3O4S. The number of nitrogens with one attached hydrogen (secondary N) is 2. The van der Waals surface area contributed by atoms with Crippen LogP contribution >= 0.6 is 0 Å². The molecule has 1 atom stereocenters. The molecule has 0 bridgehead atoms. The molecule has 19 heavy (non-hydrogen) atoms. The molecule has 0 fully saturated rings. The van der Waals surface area contributed by atoms with E-state index in [4.69, 9.17) is 0 Å². The molecule has 0 aliphatic rings. The maximum atomic E-state index is 12.0. The van der Waals surface area contributed by atoms with Gasteiger partial charge in [0.15, 0.2) is 4.90 Å². The Balaban J connectivity index is 3.11. The summed E-state index contributed by atoms with van der Waals surface area (Å²) < 4.78 is 26.4. The lowest BCUT2D eigenvalue weighted by atomic mass is 10.2. The maximum Gasteiger partial charge on any atom is 0.289 e. The van der Waals surface area contributed by atoms with E-state index < -0.39 is 20.6 Å². The predicted octanol–water partition coefficient (Wildman–Crippen LogP) is 0.789. The van der Waals surface area contributed by atoms with E-state index in [0.29, 0.717) is 5.56 Å². The topological polar surface area (TPSA) is 101 Å². The molecule has 0 radical (unpaired) electrons. The summed E-state index contributed by atoms with van der Waals surface area (Å²) in [5.74, 6) is 0. The first-order valence-electron chi connectivity index (χ1n) is 5.70. The van der Waals surface area contributed by atoms with Gasteiger partial charge in [-0.3, -0.25) is 10.1 Å². The van der Waals surface area contributed by atoms with Gasteiger partial charge < -0.3 is 5.32 Å². The summed E-state index contributed by atoms with van der Waals surface area (Å²) in [6.45, 7) is 3.62. The molecule has 0 aliphatic carbocycles. The Morgan fingerprint density at radius 3 is 2.58 bits per heavy atom. The van der Waals surface area contributed by atoms with Crippen LogP contribution in [0.25, 0.3) is 0 Å². The second-order valence-corrected chi connectivity index (χ2v) is 6.01. The molecule has 0 aromatic heterocycles. The first kappa shape index (κ1) is 15.5. The van der Waals surface area contributed by atoms with Gasteiger partial charge >= 0.3 is 0 Å². The normalized spacial score (nSPS) is 13.2. The lowest BCUT2D eigenvalue weighted by Crippen LogP contribution is -2.37. The highest BCUT2D eigenvalue weighted by Crippen LogP contribution is 2.24. The minimum Gasteiger partial charge on any atom is -0.316 e. The zero-order chi connectivity index (χ0) is 14.6. The van der Waals surface area contributed by atoms with E-state index in [0.717, 1.165) is 0 Å². The molecule has 1 unspecified atom stereocenters. The Morgan fingerprint density at radius 1 is 1.42 bits per heavy atom. The third kappa shape index (κ3) is 3.98. The van der Waals surface area contributed by atoms with Crippen LogP contribution in [-0.4, -0.2) is 33.0 Å². The van der Waals surface area contributed by atoms with Crippen molar-refractivity contribution in [2.45, 2.75) is 24.8 Å². The largest absolute Gasteiger partial charge is 0.316 e. The molecule has 7 nitrogen and oxygen atoms in total. The summed E-state index contributed by atoms with van der Waals surface area (Å²) in [6.07, 6.45) is 0. The molecule has 1 aromatic carbocycles. The van der Waals surface area contributed by atoms with Crippen molar-refractivity contribution in [2.24, 2.45) is 0 Å². The van der Waals surface area contributed by atoms with Crippen LogP contribution in [0.3, 0.4) is 0 Å². The highest BCUT2D eigenvalue weighted by molar-refractivity contribution is 7.89. The van der Waals surface area contributed by atoms with Crippen LogP contribution in [0.1, 0.15) is 12.5 Å². The molecule has 1 rings (SSSR count). The van der Waals surface area contributed by atoms with Crippen LogP contribution in [0.15, 0.2) is 23.1 Å². The molecule has 0 heterocycles. The van der Waals surface area contributed by atoms with Crippen molar-refractivity contribution in [1.29, 1.82) is 0 Å². The Bertz CT molecular complexity index is 571. The van der Waals surface area contributed by atoms with E-state index in [9.17, 15) is 18.5 Å². The van der Waals surface area contributed by atoms with Crippen molar-refractivity contribution in [3.8, 4) is 0 Å². The summed E-state index contributed by atoms with van der Waals surface area (Å²) >= 11 is 0. The molecule has 0 saturated heterocycles. The number of nitro groups is 1. The fraction of sp³-hybridized carbons (Fsp3) is 0.455. The van der Waals surface area contributed by atoms with Crippen molar-refractivity contribution in [2.75, 3.05) is 13.6 Å². The van der Waals surface area contributed by atoms with Gasteiger partial charge in [0.05, 0.1) is 4.92 Å². The number of hydrogen-bond acceptors (Lipinski definition) is 5. The van der Waals surface area contributed by atoms with Crippen LogP contribution in [-0.2, 0) is 10.0 Å². The standard InChI is InChI=1S/C11H17N3O4S/c1-8-4-5-11(10(6-8)14(15)16)19(17,18)13-7-9(2)12-3/h4-6,9,12-13H,7H2,1-3H3.